The van der Waals surface area contributed by atoms with E-state index < -0.39 is 0 Å². The Kier molecular flexibility index (Phi) is 4.59. The predicted octanol–water partition coefficient (Wildman–Crippen LogP) is 4.76. The van der Waals surface area contributed by atoms with Crippen LogP contribution in [-0.2, 0) is 0 Å². The number of hydrogen-bond donors (Lipinski definition) is 1. The lowest BCUT2D eigenvalue weighted by Gasteiger charge is -2.19. The van der Waals surface area contributed by atoms with E-state index in [1.54, 1.807) is 11.3 Å². The highest BCUT2D eigenvalue weighted by Gasteiger charge is 2.11. The first kappa shape index (κ1) is 13.1. The summed E-state index contributed by atoms with van der Waals surface area (Å²) in [5.41, 5.74) is 1.34. The highest BCUT2D eigenvalue weighted by Crippen LogP contribution is 2.22. The fourth-order valence-corrected chi connectivity index (χ4v) is 2.95. The third-order valence-corrected chi connectivity index (χ3v) is 4.61. The quantitative estimate of drug-likeness (QED) is 0.778. The van der Waals surface area contributed by atoms with Gasteiger partial charge in [-0.3, -0.25) is 0 Å². The summed E-state index contributed by atoms with van der Waals surface area (Å²) in [6.07, 6.45) is 0. The number of halogens is 1. The third kappa shape index (κ3) is 3.53. The second kappa shape index (κ2) is 5.98. The van der Waals surface area contributed by atoms with Crippen molar-refractivity contribution >= 4 is 33.9 Å². The minimum Gasteiger partial charge on any atom is -0.303 e. The Morgan fingerprint density at radius 1 is 1.06 bits per heavy atom. The minimum absolute atomic E-state index is 0.379. The molecule has 2 atom stereocenters. The monoisotopic (exact) mass is 357 g/mol. The van der Waals surface area contributed by atoms with E-state index in [2.05, 4.69) is 83.5 Å². The van der Waals surface area contributed by atoms with E-state index in [4.69, 9.17) is 0 Å². The Bertz CT molecular complexity index is 450. The fraction of sp³-hybridized carbons (Fsp3) is 0.286. The summed E-state index contributed by atoms with van der Waals surface area (Å²) < 4.78 is 1.28. The molecule has 0 amide bonds. The van der Waals surface area contributed by atoms with Gasteiger partial charge in [-0.15, -0.1) is 11.3 Å². The Hall–Kier alpha value is -0.390. The Morgan fingerprint density at radius 2 is 1.76 bits per heavy atom. The van der Waals surface area contributed by atoms with Crippen LogP contribution >= 0.6 is 33.9 Å². The van der Waals surface area contributed by atoms with Gasteiger partial charge >= 0.3 is 0 Å². The molecule has 0 aliphatic heterocycles. The molecule has 0 spiro atoms. The highest BCUT2D eigenvalue weighted by molar-refractivity contribution is 14.1. The molecule has 2 aromatic rings. The normalized spacial score (nSPS) is 14.5. The predicted molar refractivity (Wildman–Crippen MR) is 83.4 cm³/mol. The van der Waals surface area contributed by atoms with Crippen LogP contribution < -0.4 is 5.32 Å². The molecule has 1 unspecified atom stereocenters. The zero-order valence-corrected chi connectivity index (χ0v) is 13.0. The van der Waals surface area contributed by atoms with Crippen molar-refractivity contribution in [2.75, 3.05) is 0 Å². The van der Waals surface area contributed by atoms with E-state index in [9.17, 15) is 0 Å². The van der Waals surface area contributed by atoms with Crippen LogP contribution in [0.4, 0.5) is 0 Å². The van der Waals surface area contributed by atoms with Crippen LogP contribution in [0, 0.1) is 3.57 Å². The van der Waals surface area contributed by atoms with Crippen LogP contribution in [0.15, 0.2) is 41.8 Å². The number of nitrogens with one attached hydrogen (secondary N) is 1. The van der Waals surface area contributed by atoms with Gasteiger partial charge in [0.05, 0.1) is 0 Å². The number of hydrogen-bond acceptors (Lipinski definition) is 2. The third-order valence-electron chi connectivity index (χ3n) is 2.84. The molecule has 0 fully saturated rings. The Labute approximate surface area is 120 Å². The smallest absolute Gasteiger partial charge is 0.0391 e. The molecule has 2 rings (SSSR count). The fourth-order valence-electron chi connectivity index (χ4n) is 1.84. The summed E-state index contributed by atoms with van der Waals surface area (Å²) in [6, 6.07) is 13.8. The largest absolute Gasteiger partial charge is 0.303 e. The summed E-state index contributed by atoms with van der Waals surface area (Å²) in [5, 5.41) is 5.75. The summed E-state index contributed by atoms with van der Waals surface area (Å²) in [6.45, 7) is 4.43. The molecular weight excluding hydrogens is 341 g/mol. The van der Waals surface area contributed by atoms with Gasteiger partial charge in [0.25, 0.3) is 0 Å². The molecule has 0 bridgehead atoms. The zero-order valence-electron chi connectivity index (χ0n) is 9.98. The van der Waals surface area contributed by atoms with Crippen molar-refractivity contribution in [1.82, 2.24) is 5.32 Å². The van der Waals surface area contributed by atoms with E-state index in [-0.39, 0.29) is 0 Å². The second-order valence-corrected chi connectivity index (χ2v) is 6.40. The molecule has 1 nitrogen and oxygen atoms in total. The van der Waals surface area contributed by atoms with Gasteiger partial charge in [0, 0.05) is 20.5 Å². The van der Waals surface area contributed by atoms with Crippen molar-refractivity contribution in [3.63, 3.8) is 0 Å². The maximum Gasteiger partial charge on any atom is 0.0391 e. The van der Waals surface area contributed by atoms with Crippen molar-refractivity contribution < 1.29 is 0 Å². The molecule has 1 aromatic carbocycles. The van der Waals surface area contributed by atoms with Crippen LogP contribution in [0.3, 0.4) is 0 Å². The lowest BCUT2D eigenvalue weighted by Crippen LogP contribution is -2.21. The molecule has 0 saturated heterocycles. The first-order valence-electron chi connectivity index (χ1n) is 5.71. The van der Waals surface area contributed by atoms with Gasteiger partial charge in [0.2, 0.25) is 0 Å². The molecule has 0 radical (unpaired) electrons. The number of rotatable bonds is 4. The van der Waals surface area contributed by atoms with Gasteiger partial charge < -0.3 is 5.32 Å². The van der Waals surface area contributed by atoms with Gasteiger partial charge in [-0.25, -0.2) is 0 Å². The molecule has 1 heterocycles. The summed E-state index contributed by atoms with van der Waals surface area (Å²) >= 11 is 4.14. The van der Waals surface area contributed by atoms with E-state index in [0.29, 0.717) is 12.1 Å². The van der Waals surface area contributed by atoms with Crippen LogP contribution in [0.5, 0.6) is 0 Å². The van der Waals surface area contributed by atoms with Crippen LogP contribution in [-0.4, -0.2) is 0 Å². The molecule has 0 aliphatic rings. The number of thiophene rings is 1. The van der Waals surface area contributed by atoms with Gasteiger partial charge in [-0.1, -0.05) is 18.2 Å². The summed E-state index contributed by atoms with van der Waals surface area (Å²) in [7, 11) is 0. The first-order valence-corrected chi connectivity index (χ1v) is 7.67. The van der Waals surface area contributed by atoms with E-state index >= 15 is 0 Å². The second-order valence-electron chi connectivity index (χ2n) is 4.18. The Morgan fingerprint density at radius 3 is 2.35 bits per heavy atom. The maximum absolute atomic E-state index is 3.63. The van der Waals surface area contributed by atoms with Crippen LogP contribution in [0.25, 0.3) is 0 Å². The van der Waals surface area contributed by atoms with Gasteiger partial charge in [-0.05, 0) is 65.6 Å². The maximum atomic E-state index is 3.63. The molecule has 1 N–H and O–H groups in total. The van der Waals surface area contributed by atoms with Crippen LogP contribution in [0.1, 0.15) is 36.4 Å². The minimum atomic E-state index is 0.379. The molecule has 90 valence electrons. The van der Waals surface area contributed by atoms with Crippen molar-refractivity contribution in [1.29, 1.82) is 0 Å². The van der Waals surface area contributed by atoms with E-state index in [1.165, 1.54) is 14.0 Å². The van der Waals surface area contributed by atoms with Crippen LogP contribution in [0.2, 0.25) is 0 Å². The summed E-state index contributed by atoms with van der Waals surface area (Å²) in [4.78, 5) is 1.39. The molecule has 3 heteroatoms. The molecule has 0 saturated carbocycles. The van der Waals surface area contributed by atoms with Crippen molar-refractivity contribution in [2.45, 2.75) is 25.9 Å². The molecular formula is C14H16INS. The zero-order chi connectivity index (χ0) is 12.3. The molecule has 17 heavy (non-hydrogen) atoms. The average molecular weight is 357 g/mol. The standard InChI is InChI=1S/C14H16INS/c1-10(12-5-7-13(15)8-6-12)16-11(2)14-4-3-9-17-14/h3-11,16H,1-2H3/t10?,11-/m1/s1. The topological polar surface area (TPSA) is 12.0 Å². The van der Waals surface area contributed by atoms with Crippen molar-refractivity contribution in [3.8, 4) is 0 Å². The number of benzene rings is 1. The average Bonchev–Trinajstić information content (AvgIpc) is 2.83. The van der Waals surface area contributed by atoms with E-state index in [0.717, 1.165) is 0 Å². The van der Waals surface area contributed by atoms with Crippen molar-refractivity contribution in [3.05, 3.63) is 55.8 Å². The first-order chi connectivity index (χ1) is 8.16. The lowest BCUT2D eigenvalue weighted by molar-refractivity contribution is 0.500. The van der Waals surface area contributed by atoms with Crippen molar-refractivity contribution in [2.24, 2.45) is 0 Å². The molecule has 1 aromatic heterocycles. The van der Waals surface area contributed by atoms with E-state index in [1.807, 2.05) is 0 Å². The SMILES string of the molecule is CC(N[C@H](C)c1cccs1)c1ccc(I)cc1. The Balaban J connectivity index is 2.01. The van der Waals surface area contributed by atoms with Gasteiger partial charge in [-0.2, -0.15) is 0 Å². The highest BCUT2D eigenvalue weighted by atomic mass is 127. The van der Waals surface area contributed by atoms with Gasteiger partial charge in [0.1, 0.15) is 0 Å². The molecule has 0 aliphatic carbocycles. The summed E-state index contributed by atoms with van der Waals surface area (Å²) in [5.74, 6) is 0. The van der Waals surface area contributed by atoms with Gasteiger partial charge in [0.15, 0.2) is 0 Å². The lowest BCUT2D eigenvalue weighted by atomic mass is 10.1.